The molecule has 0 fully saturated rings. The van der Waals surface area contributed by atoms with Crippen LogP contribution in [0.3, 0.4) is 0 Å². The number of nitrogens with one attached hydrogen (secondary N) is 2. The lowest BCUT2D eigenvalue weighted by Gasteiger charge is -2.13. The Labute approximate surface area is 205 Å². The third-order valence-corrected chi connectivity index (χ3v) is 4.73. The molecule has 1 aromatic rings. The molecule has 2 N–H and O–H groups in total. The van der Waals surface area contributed by atoms with Gasteiger partial charge in [0, 0.05) is 44.3 Å². The van der Waals surface area contributed by atoms with E-state index in [0.717, 1.165) is 11.0 Å². The van der Waals surface area contributed by atoms with Crippen molar-refractivity contribution < 1.29 is 38.4 Å². The summed E-state index contributed by atoms with van der Waals surface area (Å²) in [5.41, 5.74) is -0.592. The number of anilines is 1. The Morgan fingerprint density at radius 2 is 1.44 bits per heavy atom. The van der Waals surface area contributed by atoms with Crippen molar-refractivity contribution in [2.75, 3.05) is 64.6 Å². The number of non-ortho nitro benzene ring substituents is 1. The lowest BCUT2D eigenvalue weighted by atomic mass is 10.2. The minimum Gasteiger partial charge on any atom is -0.377 e. The Hall–Kier alpha value is -3.95. The third kappa shape index (κ3) is 9.73. The number of hydrogen-bond donors (Lipinski definition) is 2. The molecule has 1 aliphatic heterocycles. The van der Waals surface area contributed by atoms with Crippen LogP contribution in [0.15, 0.2) is 30.4 Å². The first kappa shape index (κ1) is 28.3. The molecule has 3 amide bonds. The van der Waals surface area contributed by atoms with Crippen LogP contribution in [0.25, 0.3) is 0 Å². The van der Waals surface area contributed by atoms with Crippen LogP contribution in [0.5, 0.6) is 0 Å². The maximum absolute atomic E-state index is 11.7. The van der Waals surface area contributed by atoms with Gasteiger partial charge in [-0.2, -0.15) is 0 Å². The molecule has 0 aliphatic carbocycles. The van der Waals surface area contributed by atoms with E-state index in [1.165, 1.54) is 24.3 Å². The number of nitro benzene ring substituents is 2. The van der Waals surface area contributed by atoms with Crippen LogP contribution in [0.1, 0.15) is 6.42 Å². The van der Waals surface area contributed by atoms with Crippen molar-refractivity contribution in [2.45, 2.75) is 6.42 Å². The number of hydrogen-bond acceptors (Lipinski definition) is 11. The lowest BCUT2D eigenvalue weighted by molar-refractivity contribution is -0.393. The number of rotatable bonds is 18. The zero-order chi connectivity index (χ0) is 26.3. The molecule has 1 heterocycles. The summed E-state index contributed by atoms with van der Waals surface area (Å²) in [5, 5.41) is 27.3. The molecule has 0 atom stereocenters. The van der Waals surface area contributed by atoms with Gasteiger partial charge < -0.3 is 24.8 Å². The summed E-state index contributed by atoms with van der Waals surface area (Å²) in [5.74, 6) is -1.14. The summed E-state index contributed by atoms with van der Waals surface area (Å²) in [6, 6.07) is 3.36. The number of nitrogens with zero attached hydrogens (tertiary/aromatic N) is 3. The van der Waals surface area contributed by atoms with Gasteiger partial charge in [-0.05, 0) is 6.07 Å². The Balaban J connectivity index is 1.42. The average Bonchev–Trinajstić information content (AvgIpc) is 3.17. The molecule has 36 heavy (non-hydrogen) atoms. The predicted octanol–water partition coefficient (Wildman–Crippen LogP) is 0.396. The molecule has 0 aromatic heterocycles. The molecule has 0 bridgehead atoms. The second kappa shape index (κ2) is 15.1. The van der Waals surface area contributed by atoms with Crippen molar-refractivity contribution in [3.8, 4) is 0 Å². The van der Waals surface area contributed by atoms with E-state index in [1.807, 2.05) is 0 Å². The number of carbonyl (C=O) groups excluding carboxylic acids is 3. The normalized spacial score (nSPS) is 12.7. The molecule has 15 nitrogen and oxygen atoms in total. The summed E-state index contributed by atoms with van der Waals surface area (Å²) >= 11 is 0. The standard InChI is InChI=1S/C21H27N5O10/c27-19(5-8-24-20(28)3-4-21(24)29)23-7-10-35-12-14-36-13-11-34-9-6-22-17-2-1-16(25(30)31)15-18(17)26(32)33/h1-4,15,22H,5-14H2,(H,23,27). The van der Waals surface area contributed by atoms with Gasteiger partial charge in [0.1, 0.15) is 5.69 Å². The van der Waals surface area contributed by atoms with Gasteiger partial charge in [-0.25, -0.2) is 0 Å². The number of imide groups is 1. The van der Waals surface area contributed by atoms with Gasteiger partial charge in [-0.15, -0.1) is 0 Å². The highest BCUT2D eigenvalue weighted by molar-refractivity contribution is 6.13. The molecule has 196 valence electrons. The lowest BCUT2D eigenvalue weighted by Crippen LogP contribution is -2.35. The smallest absolute Gasteiger partial charge is 0.299 e. The van der Waals surface area contributed by atoms with E-state index in [1.54, 1.807) is 0 Å². The molecule has 2 rings (SSSR count). The predicted molar refractivity (Wildman–Crippen MR) is 124 cm³/mol. The number of benzene rings is 1. The Bertz CT molecular complexity index is 966. The summed E-state index contributed by atoms with van der Waals surface area (Å²) in [6.07, 6.45) is 2.35. The van der Waals surface area contributed by atoms with E-state index in [9.17, 15) is 34.6 Å². The second-order valence-electron chi connectivity index (χ2n) is 7.24. The molecule has 1 aromatic carbocycles. The van der Waals surface area contributed by atoms with Crippen LogP contribution in [-0.4, -0.2) is 91.7 Å². The number of ether oxygens (including phenoxy) is 3. The molecule has 0 radical (unpaired) electrons. The molecule has 15 heteroatoms. The van der Waals surface area contributed by atoms with Gasteiger partial charge in [0.2, 0.25) is 5.91 Å². The van der Waals surface area contributed by atoms with E-state index in [2.05, 4.69) is 10.6 Å². The van der Waals surface area contributed by atoms with Crippen molar-refractivity contribution >= 4 is 34.8 Å². The van der Waals surface area contributed by atoms with Crippen molar-refractivity contribution in [2.24, 2.45) is 0 Å². The summed E-state index contributed by atoms with van der Waals surface area (Å²) in [7, 11) is 0. The number of nitro groups is 2. The van der Waals surface area contributed by atoms with E-state index in [-0.39, 0.29) is 68.8 Å². The molecule has 0 saturated carbocycles. The monoisotopic (exact) mass is 509 g/mol. The Morgan fingerprint density at radius 1 is 0.861 bits per heavy atom. The van der Waals surface area contributed by atoms with E-state index >= 15 is 0 Å². The first-order valence-electron chi connectivity index (χ1n) is 11.0. The molecular formula is C21H27N5O10. The number of amides is 3. The van der Waals surface area contributed by atoms with E-state index < -0.39 is 21.7 Å². The molecule has 1 aliphatic rings. The summed E-state index contributed by atoms with van der Waals surface area (Å²) in [6.45, 7) is 2.30. The zero-order valence-electron chi connectivity index (χ0n) is 19.4. The number of carbonyl (C=O) groups is 3. The highest BCUT2D eigenvalue weighted by Crippen LogP contribution is 2.28. The van der Waals surface area contributed by atoms with Gasteiger partial charge in [-0.3, -0.25) is 39.5 Å². The average molecular weight is 509 g/mol. The largest absolute Gasteiger partial charge is 0.377 e. The highest BCUT2D eigenvalue weighted by atomic mass is 16.6. The quantitative estimate of drug-likeness (QED) is 0.120. The van der Waals surface area contributed by atoms with Gasteiger partial charge in [-0.1, -0.05) is 0 Å². The fourth-order valence-electron chi connectivity index (χ4n) is 2.95. The zero-order valence-corrected chi connectivity index (χ0v) is 19.4. The first-order valence-corrected chi connectivity index (χ1v) is 11.0. The third-order valence-electron chi connectivity index (χ3n) is 4.73. The van der Waals surface area contributed by atoms with Crippen LogP contribution in [0.4, 0.5) is 17.1 Å². The van der Waals surface area contributed by atoms with Gasteiger partial charge in [0.15, 0.2) is 0 Å². The van der Waals surface area contributed by atoms with Crippen LogP contribution >= 0.6 is 0 Å². The summed E-state index contributed by atoms with van der Waals surface area (Å²) in [4.78, 5) is 55.9. The van der Waals surface area contributed by atoms with Gasteiger partial charge in [0.05, 0.1) is 55.6 Å². The molecule has 0 unspecified atom stereocenters. The Morgan fingerprint density at radius 3 is 2.03 bits per heavy atom. The van der Waals surface area contributed by atoms with Crippen LogP contribution in [0, 0.1) is 20.2 Å². The second-order valence-corrected chi connectivity index (χ2v) is 7.24. The van der Waals surface area contributed by atoms with Gasteiger partial charge >= 0.3 is 0 Å². The molecule has 0 saturated heterocycles. The first-order chi connectivity index (χ1) is 17.3. The van der Waals surface area contributed by atoms with Crippen LogP contribution < -0.4 is 10.6 Å². The highest BCUT2D eigenvalue weighted by Gasteiger charge is 2.23. The van der Waals surface area contributed by atoms with Crippen LogP contribution in [-0.2, 0) is 28.6 Å². The van der Waals surface area contributed by atoms with Crippen molar-refractivity contribution in [3.05, 3.63) is 50.6 Å². The minimum atomic E-state index is -0.700. The Kier molecular flexibility index (Phi) is 11.9. The van der Waals surface area contributed by atoms with E-state index in [4.69, 9.17) is 14.2 Å². The minimum absolute atomic E-state index is 0.0164. The topological polar surface area (TPSA) is 192 Å². The summed E-state index contributed by atoms with van der Waals surface area (Å²) < 4.78 is 16.0. The fraction of sp³-hybridized carbons (Fsp3) is 0.476. The maximum atomic E-state index is 11.7. The molecular weight excluding hydrogens is 482 g/mol. The SMILES string of the molecule is O=C(CCN1C(=O)C=CC1=O)NCCOCCOCCOCCNc1ccc([N+](=O)[O-])cc1[N+](=O)[O-]. The van der Waals surface area contributed by atoms with E-state index in [0.29, 0.717) is 19.8 Å². The van der Waals surface area contributed by atoms with Crippen molar-refractivity contribution in [1.29, 1.82) is 0 Å². The fourth-order valence-corrected chi connectivity index (χ4v) is 2.95. The van der Waals surface area contributed by atoms with Crippen LogP contribution in [0.2, 0.25) is 0 Å². The maximum Gasteiger partial charge on any atom is 0.299 e. The molecule has 0 spiro atoms. The van der Waals surface area contributed by atoms with Crippen molar-refractivity contribution in [3.63, 3.8) is 0 Å². The van der Waals surface area contributed by atoms with Gasteiger partial charge in [0.25, 0.3) is 23.2 Å². The van der Waals surface area contributed by atoms with Crippen molar-refractivity contribution in [1.82, 2.24) is 10.2 Å².